The van der Waals surface area contributed by atoms with E-state index in [-0.39, 0.29) is 52.9 Å². The highest BCUT2D eigenvalue weighted by molar-refractivity contribution is 5.69. The summed E-state index contributed by atoms with van der Waals surface area (Å²) in [5.74, 6) is 1.26. The first-order valence-corrected chi connectivity index (χ1v) is 14.1. The Morgan fingerprint density at radius 1 is 0.972 bits per heavy atom. The average Bonchev–Trinajstić information content (AvgIpc) is 3.16. The van der Waals surface area contributed by atoms with Crippen LogP contribution in [0.25, 0.3) is 0 Å². The van der Waals surface area contributed by atoms with Gasteiger partial charge in [-0.1, -0.05) is 20.8 Å². The molecule has 2 N–H and O–H groups in total. The van der Waals surface area contributed by atoms with Crippen LogP contribution in [0, 0.1) is 46.3 Å². The molecule has 11 atom stereocenters. The fourth-order valence-corrected chi connectivity index (χ4v) is 9.50. The number of carbonyl (C=O) groups is 3. The molecule has 0 aromatic carbocycles. The maximum Gasteiger partial charge on any atom is 0.305 e. The second kappa shape index (κ2) is 10.3. The zero-order valence-corrected chi connectivity index (χ0v) is 23.1. The van der Waals surface area contributed by atoms with Crippen LogP contribution in [0.2, 0.25) is 0 Å². The van der Waals surface area contributed by atoms with E-state index in [0.29, 0.717) is 36.0 Å². The van der Waals surface area contributed by atoms with Gasteiger partial charge in [-0.3, -0.25) is 14.4 Å². The maximum absolute atomic E-state index is 12.4. The number of methoxy groups -OCH3 is 1. The lowest BCUT2D eigenvalue weighted by Crippen LogP contribution is -2.63. The van der Waals surface area contributed by atoms with E-state index in [2.05, 4.69) is 20.8 Å². The van der Waals surface area contributed by atoms with Gasteiger partial charge in [0.05, 0.1) is 7.11 Å². The molecule has 4 rings (SSSR count). The maximum atomic E-state index is 12.4. The van der Waals surface area contributed by atoms with Crippen molar-refractivity contribution in [2.45, 2.75) is 111 Å². The molecule has 0 radical (unpaired) electrons. The molecule has 7 heteroatoms. The summed E-state index contributed by atoms with van der Waals surface area (Å²) < 4.78 is 17.2. The summed E-state index contributed by atoms with van der Waals surface area (Å²) in [6, 6.07) is 0.197. The first kappa shape index (κ1) is 27.4. The van der Waals surface area contributed by atoms with Crippen LogP contribution in [0.5, 0.6) is 0 Å². The van der Waals surface area contributed by atoms with E-state index < -0.39 is 0 Å². The Hall–Kier alpha value is -1.63. The van der Waals surface area contributed by atoms with Gasteiger partial charge in [-0.25, -0.2) is 0 Å². The molecule has 204 valence electrons. The van der Waals surface area contributed by atoms with E-state index in [1.54, 1.807) is 0 Å². The normalized spacial score (nSPS) is 44.4. The standard InChI is InChI=1S/C29H47NO6/c1-16(7-10-26(33)34-6)21-8-9-22-27-23(15-25(29(21,22)5)36-18(3)32)28(4)12-11-20(30)13-19(28)14-24(27)35-17(2)31/h16,19-25,27H,7-15,30H2,1-6H3/t16?,19-,20-,21+,22-,23-,24+,25-,27-,28-,29+/m0/s1. The molecule has 7 nitrogen and oxygen atoms in total. The van der Waals surface area contributed by atoms with Gasteiger partial charge in [-0.15, -0.1) is 0 Å². The number of rotatable bonds is 6. The molecule has 0 bridgehead atoms. The Balaban J connectivity index is 1.71. The molecule has 4 saturated carbocycles. The van der Waals surface area contributed by atoms with E-state index in [1.165, 1.54) is 21.0 Å². The van der Waals surface area contributed by atoms with Crippen molar-refractivity contribution in [3.8, 4) is 0 Å². The first-order valence-electron chi connectivity index (χ1n) is 14.1. The van der Waals surface area contributed by atoms with Crippen molar-refractivity contribution in [2.75, 3.05) is 7.11 Å². The summed E-state index contributed by atoms with van der Waals surface area (Å²) in [4.78, 5) is 36.5. The van der Waals surface area contributed by atoms with Gasteiger partial charge < -0.3 is 19.9 Å². The van der Waals surface area contributed by atoms with Gasteiger partial charge in [0.2, 0.25) is 0 Å². The van der Waals surface area contributed by atoms with Crippen LogP contribution in [0.15, 0.2) is 0 Å². The van der Waals surface area contributed by atoms with Crippen LogP contribution in [0.1, 0.15) is 92.4 Å². The molecule has 0 aliphatic heterocycles. The molecule has 4 aliphatic carbocycles. The Morgan fingerprint density at radius 2 is 1.67 bits per heavy atom. The van der Waals surface area contributed by atoms with Crippen molar-refractivity contribution in [2.24, 2.45) is 52.1 Å². The minimum Gasteiger partial charge on any atom is -0.469 e. The number of ether oxygens (including phenoxy) is 3. The van der Waals surface area contributed by atoms with Crippen molar-refractivity contribution in [3.05, 3.63) is 0 Å². The molecule has 4 aliphatic rings. The summed E-state index contributed by atoms with van der Waals surface area (Å²) in [5, 5.41) is 0. The highest BCUT2D eigenvalue weighted by atomic mass is 16.5. The third-order valence-electron chi connectivity index (χ3n) is 11.2. The molecule has 4 fully saturated rings. The molecule has 0 heterocycles. The fraction of sp³-hybridized carbons (Fsp3) is 0.897. The van der Waals surface area contributed by atoms with Gasteiger partial charge in [0.1, 0.15) is 12.2 Å². The van der Waals surface area contributed by atoms with Crippen LogP contribution in [0.4, 0.5) is 0 Å². The molecule has 0 aromatic heterocycles. The van der Waals surface area contributed by atoms with Gasteiger partial charge in [-0.2, -0.15) is 0 Å². The first-order chi connectivity index (χ1) is 16.9. The quantitative estimate of drug-likeness (QED) is 0.414. The Morgan fingerprint density at radius 3 is 2.31 bits per heavy atom. The van der Waals surface area contributed by atoms with Crippen molar-refractivity contribution in [3.63, 3.8) is 0 Å². The number of carbonyl (C=O) groups excluding carboxylic acids is 3. The highest BCUT2D eigenvalue weighted by Crippen LogP contribution is 2.69. The Bertz CT molecular complexity index is 861. The number of nitrogens with two attached hydrogens (primary N) is 1. The van der Waals surface area contributed by atoms with Crippen LogP contribution in [-0.2, 0) is 28.6 Å². The molecule has 0 amide bonds. The minimum atomic E-state index is -0.231. The summed E-state index contributed by atoms with van der Waals surface area (Å²) >= 11 is 0. The fourth-order valence-electron chi connectivity index (χ4n) is 9.50. The van der Waals surface area contributed by atoms with Crippen LogP contribution in [0.3, 0.4) is 0 Å². The van der Waals surface area contributed by atoms with Gasteiger partial charge in [0.15, 0.2) is 0 Å². The third kappa shape index (κ3) is 4.69. The predicted octanol–water partition coefficient (Wildman–Crippen LogP) is 4.65. The minimum absolute atomic E-state index is 0.103. The Kier molecular flexibility index (Phi) is 7.81. The molecule has 0 spiro atoms. The number of hydrogen-bond donors (Lipinski definition) is 1. The second-order valence-electron chi connectivity index (χ2n) is 12.9. The summed E-state index contributed by atoms with van der Waals surface area (Å²) in [7, 11) is 1.43. The zero-order chi connectivity index (χ0) is 26.4. The lowest BCUT2D eigenvalue weighted by molar-refractivity contribution is -0.220. The van der Waals surface area contributed by atoms with Gasteiger partial charge in [0, 0.05) is 37.6 Å². The lowest BCUT2D eigenvalue weighted by atomic mass is 9.43. The smallest absolute Gasteiger partial charge is 0.305 e. The molecule has 1 unspecified atom stereocenters. The summed E-state index contributed by atoms with van der Waals surface area (Å²) in [6.07, 6.45) is 7.63. The largest absolute Gasteiger partial charge is 0.469 e. The summed E-state index contributed by atoms with van der Waals surface area (Å²) in [5.41, 5.74) is 6.29. The van der Waals surface area contributed by atoms with Gasteiger partial charge in [-0.05, 0) is 86.4 Å². The molecular formula is C29H47NO6. The molecule has 0 aromatic rings. The number of esters is 3. The molecule has 0 saturated heterocycles. The van der Waals surface area contributed by atoms with E-state index in [4.69, 9.17) is 19.9 Å². The summed E-state index contributed by atoms with van der Waals surface area (Å²) in [6.45, 7) is 9.99. The van der Waals surface area contributed by atoms with Crippen molar-refractivity contribution >= 4 is 17.9 Å². The van der Waals surface area contributed by atoms with E-state index in [1.807, 2.05) is 0 Å². The van der Waals surface area contributed by atoms with Crippen molar-refractivity contribution < 1.29 is 28.6 Å². The molecular weight excluding hydrogens is 458 g/mol. The van der Waals surface area contributed by atoms with Crippen molar-refractivity contribution in [1.82, 2.24) is 0 Å². The average molecular weight is 506 g/mol. The lowest BCUT2D eigenvalue weighted by Gasteiger charge is -2.64. The van der Waals surface area contributed by atoms with E-state index in [9.17, 15) is 14.4 Å². The SMILES string of the molecule is COC(=O)CCC(C)[C@H]1CC[C@H]2[C@@H]3[C@H](OC(C)=O)C[C@@H]4C[C@@H](N)CC[C@]4(C)[C@H]3C[C@H](OC(C)=O)[C@]12C. The third-order valence-corrected chi connectivity index (χ3v) is 11.2. The molecule has 36 heavy (non-hydrogen) atoms. The monoisotopic (exact) mass is 505 g/mol. The van der Waals surface area contributed by atoms with Crippen molar-refractivity contribution in [1.29, 1.82) is 0 Å². The zero-order valence-electron chi connectivity index (χ0n) is 23.1. The van der Waals surface area contributed by atoms with Gasteiger partial charge in [0.25, 0.3) is 0 Å². The van der Waals surface area contributed by atoms with Crippen LogP contribution in [-0.4, -0.2) is 43.3 Å². The predicted molar refractivity (Wildman–Crippen MR) is 135 cm³/mol. The Labute approximate surface area is 216 Å². The van der Waals surface area contributed by atoms with E-state index >= 15 is 0 Å². The van der Waals surface area contributed by atoms with Crippen LogP contribution >= 0.6 is 0 Å². The topological polar surface area (TPSA) is 105 Å². The second-order valence-corrected chi connectivity index (χ2v) is 12.9. The number of hydrogen-bond acceptors (Lipinski definition) is 7. The van der Waals surface area contributed by atoms with E-state index in [0.717, 1.165) is 51.4 Å². The highest BCUT2D eigenvalue weighted by Gasteiger charge is 2.67. The van der Waals surface area contributed by atoms with Gasteiger partial charge >= 0.3 is 17.9 Å². The number of fused-ring (bicyclic) bond motifs is 5. The van der Waals surface area contributed by atoms with Crippen LogP contribution < -0.4 is 5.73 Å².